The second-order valence-corrected chi connectivity index (χ2v) is 25.8. The molecule has 3 aromatic heterocycles. The van der Waals surface area contributed by atoms with Gasteiger partial charge in [0.2, 0.25) is 0 Å². The minimum absolute atomic E-state index is 0. The molecule has 1 unspecified atom stereocenters. The monoisotopic (exact) mass is 982 g/mol. The van der Waals surface area contributed by atoms with E-state index in [-0.39, 0.29) is 26.0 Å². The first-order valence-corrected chi connectivity index (χ1v) is 26.3. The van der Waals surface area contributed by atoms with Crippen molar-refractivity contribution in [3.8, 4) is 44.8 Å². The molecule has 0 aliphatic heterocycles. The average molecular weight is 981 g/mol. The summed E-state index contributed by atoms with van der Waals surface area (Å²) in [5, 5.41) is 2.19. The molecule has 3 heterocycles. The van der Waals surface area contributed by atoms with Gasteiger partial charge in [-0.05, 0) is 40.1 Å². The van der Waals surface area contributed by atoms with Gasteiger partial charge < -0.3 is 9.40 Å². The van der Waals surface area contributed by atoms with Gasteiger partial charge in [0.05, 0.1) is 5.58 Å². The van der Waals surface area contributed by atoms with Crippen molar-refractivity contribution in [2.24, 2.45) is 0 Å². The molecule has 0 saturated heterocycles. The molecule has 57 heavy (non-hydrogen) atoms. The fourth-order valence-corrected chi connectivity index (χ4v) is 9.19. The van der Waals surface area contributed by atoms with Crippen molar-refractivity contribution in [3.63, 3.8) is 0 Å². The van der Waals surface area contributed by atoms with Crippen LogP contribution in [0, 0.1) is 19.0 Å². The van der Waals surface area contributed by atoms with Gasteiger partial charge in [0.1, 0.15) is 5.58 Å². The molecular formula is C52H44GeIrN2O-2. The van der Waals surface area contributed by atoms with Gasteiger partial charge in [0.15, 0.2) is 0 Å². The van der Waals surface area contributed by atoms with Crippen molar-refractivity contribution >= 4 is 39.6 Å². The molecule has 0 aliphatic rings. The number of pyridine rings is 2. The van der Waals surface area contributed by atoms with E-state index in [0.717, 1.165) is 55.6 Å². The molecule has 3 nitrogen and oxygen atoms in total. The van der Waals surface area contributed by atoms with E-state index in [1.807, 2.05) is 67.0 Å². The third-order valence-electron chi connectivity index (χ3n) is 10.3. The summed E-state index contributed by atoms with van der Waals surface area (Å²) in [7, 11) is 0. The van der Waals surface area contributed by atoms with Gasteiger partial charge in [-0.25, -0.2) is 0 Å². The van der Waals surface area contributed by atoms with Gasteiger partial charge >= 0.3 is 146 Å². The number of hydrogen-bond donors (Lipinski definition) is 0. The fourth-order valence-electron chi connectivity index (χ4n) is 7.02. The number of hydrogen-bond acceptors (Lipinski definition) is 3. The Kier molecular flexibility index (Phi) is 11.0. The van der Waals surface area contributed by atoms with Crippen molar-refractivity contribution in [2.75, 3.05) is 0 Å². The van der Waals surface area contributed by atoms with E-state index < -0.39 is 20.1 Å². The van der Waals surface area contributed by atoms with Crippen LogP contribution in [0.1, 0.15) is 33.6 Å². The normalized spacial score (nSPS) is 12.7. The molecule has 283 valence electrons. The second kappa shape index (κ2) is 17.4. The summed E-state index contributed by atoms with van der Waals surface area (Å²) in [6, 6.07) is 59.4. The van der Waals surface area contributed by atoms with Crippen LogP contribution in [0.4, 0.5) is 0 Å². The molecule has 0 fully saturated rings. The fraction of sp³-hybridized carbons (Fsp3) is 0.115. The zero-order chi connectivity index (χ0) is 41.1. The maximum Gasteiger partial charge on any atom is 0 e. The van der Waals surface area contributed by atoms with Crippen LogP contribution < -0.4 is 4.40 Å². The van der Waals surface area contributed by atoms with Crippen LogP contribution in [0.25, 0.3) is 66.7 Å². The number of aromatic nitrogens is 2. The average Bonchev–Trinajstić information content (AvgIpc) is 3.65. The standard InChI is InChI=1S/C31H22NO.C21H22GeN.Ir/c1-21(22-9-4-2-5-10-22)24-17-18-32-29(19-24)28-14-8-13-27-26-16-15-25(20-30(26)33-31(27)28)23-11-6-3-7-12-23;1-16-10-11-18(14-20(16)17-8-6-5-7-9-17)21-13-12-19(15-23-21)22(2,3)4;/h2-13,15-21H,1H3;5-10,12-15H,1-4H3;/q2*-1;/i;1D3;. The molecule has 0 bridgehead atoms. The molecule has 0 saturated carbocycles. The van der Waals surface area contributed by atoms with Crippen molar-refractivity contribution in [1.29, 1.82) is 0 Å². The number of fused-ring (bicyclic) bond motifs is 3. The van der Waals surface area contributed by atoms with Gasteiger partial charge in [0.25, 0.3) is 0 Å². The first-order chi connectivity index (χ1) is 28.4. The van der Waals surface area contributed by atoms with Gasteiger partial charge in [-0.15, -0.1) is 18.2 Å². The van der Waals surface area contributed by atoms with E-state index in [1.165, 1.54) is 21.1 Å². The summed E-state index contributed by atoms with van der Waals surface area (Å²) in [5.74, 6) is 7.28. The Hall–Kier alpha value is -5.39. The summed E-state index contributed by atoms with van der Waals surface area (Å²) in [6.07, 6.45) is 3.84. The quantitative estimate of drug-likeness (QED) is 0.118. The van der Waals surface area contributed by atoms with Crippen molar-refractivity contribution in [1.82, 2.24) is 9.97 Å². The first kappa shape index (κ1) is 36.0. The van der Waals surface area contributed by atoms with Crippen molar-refractivity contribution in [2.45, 2.75) is 37.0 Å². The predicted molar refractivity (Wildman–Crippen MR) is 237 cm³/mol. The maximum atomic E-state index is 7.84. The van der Waals surface area contributed by atoms with Gasteiger partial charge in [-0.3, -0.25) is 0 Å². The summed E-state index contributed by atoms with van der Waals surface area (Å²) in [6.45, 7) is 0.0440. The SMILES string of the molecule is CC(c1ccccc1)c1ccnc(-c2[c-]ccc3c2oc2cc(-c4ccccc4)ccc23)c1.[2H]C([2H])([2H])c1c[c-]c(-c2cc[c]([Ge]([CH3])([CH3])[CH3])cn2)cc1-c1ccccc1.[Ir]. The Labute approximate surface area is 356 Å². The van der Waals surface area contributed by atoms with Crippen LogP contribution in [-0.2, 0) is 20.1 Å². The molecular weight excluding hydrogens is 933 g/mol. The Morgan fingerprint density at radius 3 is 2.05 bits per heavy atom. The number of aryl methyl sites for hydroxylation is 1. The summed E-state index contributed by atoms with van der Waals surface area (Å²) in [4.78, 5) is 9.30. The summed E-state index contributed by atoms with van der Waals surface area (Å²) < 4.78 is 31.3. The van der Waals surface area contributed by atoms with Gasteiger partial charge in [0, 0.05) is 37.6 Å². The molecule has 6 aromatic carbocycles. The molecule has 0 spiro atoms. The smallest absolute Gasteiger partial charge is 0 e. The van der Waals surface area contributed by atoms with E-state index >= 15 is 0 Å². The third-order valence-corrected chi connectivity index (χ3v) is 14.6. The van der Waals surface area contributed by atoms with E-state index in [9.17, 15) is 0 Å². The Balaban J connectivity index is 0.000000184. The molecule has 0 N–H and O–H groups in total. The number of nitrogens with zero attached hydrogens (tertiary/aromatic N) is 2. The molecule has 9 aromatic rings. The summed E-state index contributed by atoms with van der Waals surface area (Å²) in [5.41, 5.74) is 11.8. The van der Waals surface area contributed by atoms with E-state index in [1.54, 1.807) is 6.07 Å². The van der Waals surface area contributed by atoms with Crippen LogP contribution in [-0.4, -0.2) is 23.2 Å². The van der Waals surface area contributed by atoms with E-state index in [0.29, 0.717) is 11.1 Å². The largest absolute Gasteiger partial charge is 0 e. The Morgan fingerprint density at radius 1 is 0.649 bits per heavy atom. The Morgan fingerprint density at radius 2 is 1.37 bits per heavy atom. The van der Waals surface area contributed by atoms with Crippen LogP contribution in [0.2, 0.25) is 17.3 Å². The number of benzene rings is 6. The van der Waals surface area contributed by atoms with Gasteiger partial charge in [-0.2, -0.15) is 0 Å². The number of rotatable bonds is 7. The predicted octanol–water partition coefficient (Wildman–Crippen LogP) is 13.3. The van der Waals surface area contributed by atoms with Crippen LogP contribution in [0.15, 0.2) is 175 Å². The summed E-state index contributed by atoms with van der Waals surface area (Å²) >= 11 is -1.91. The maximum absolute atomic E-state index is 7.84. The molecule has 1 atom stereocenters. The number of furan rings is 1. The zero-order valence-electron chi connectivity index (χ0n) is 35.4. The van der Waals surface area contributed by atoms with E-state index in [2.05, 4.69) is 143 Å². The first-order valence-electron chi connectivity index (χ1n) is 20.5. The molecule has 1 radical (unpaired) electrons. The topological polar surface area (TPSA) is 38.9 Å². The van der Waals surface area contributed by atoms with Crippen LogP contribution >= 0.6 is 0 Å². The minimum atomic E-state index is -2.18. The molecule has 9 rings (SSSR count). The van der Waals surface area contributed by atoms with Gasteiger partial charge in [-0.1, -0.05) is 96.7 Å². The Bertz CT molecular complexity index is 2860. The van der Waals surface area contributed by atoms with Crippen molar-refractivity contribution < 1.29 is 28.6 Å². The molecule has 5 heteroatoms. The van der Waals surface area contributed by atoms with Crippen LogP contribution in [0.5, 0.6) is 0 Å². The van der Waals surface area contributed by atoms with E-state index in [4.69, 9.17) is 8.53 Å². The molecule has 0 aliphatic carbocycles. The second-order valence-electron chi connectivity index (χ2n) is 15.1. The van der Waals surface area contributed by atoms with Crippen molar-refractivity contribution in [3.05, 3.63) is 199 Å². The molecule has 0 amide bonds. The third kappa shape index (κ3) is 8.80. The zero-order valence-corrected chi connectivity index (χ0v) is 36.9. The minimum Gasteiger partial charge on any atom is 0 e. The van der Waals surface area contributed by atoms with Crippen LogP contribution in [0.3, 0.4) is 0 Å².